The van der Waals surface area contributed by atoms with E-state index in [4.69, 9.17) is 9.26 Å². The Labute approximate surface area is 188 Å². The van der Waals surface area contributed by atoms with E-state index in [0.29, 0.717) is 17.9 Å². The lowest BCUT2D eigenvalue weighted by Crippen LogP contribution is -2.21. The second kappa shape index (κ2) is 9.73. The van der Waals surface area contributed by atoms with Gasteiger partial charge in [0.2, 0.25) is 0 Å². The van der Waals surface area contributed by atoms with Gasteiger partial charge >= 0.3 is 12.1 Å². The molecule has 13 heteroatoms. The number of ether oxygens (including phenoxy) is 1. The van der Waals surface area contributed by atoms with Gasteiger partial charge in [0.15, 0.2) is 12.4 Å². The Morgan fingerprint density at radius 2 is 1.91 bits per heavy atom. The van der Waals surface area contributed by atoms with Crippen LogP contribution in [0.4, 0.5) is 24.7 Å². The van der Waals surface area contributed by atoms with Crippen molar-refractivity contribution in [3.8, 4) is 0 Å². The number of esters is 1. The number of aryl methyl sites for hydroxylation is 1. The molecule has 0 saturated heterocycles. The summed E-state index contributed by atoms with van der Waals surface area (Å²) >= 11 is 0.724. The molecule has 33 heavy (non-hydrogen) atoms. The zero-order valence-electron chi connectivity index (χ0n) is 16.7. The molecule has 1 amide bonds. The molecule has 0 saturated carbocycles. The molecular weight excluding hydrogens is 467 g/mol. The molecule has 0 aliphatic rings. The molecule has 1 aromatic heterocycles. The first kappa shape index (κ1) is 23.8. The van der Waals surface area contributed by atoms with E-state index >= 15 is 0 Å². The highest BCUT2D eigenvalue weighted by molar-refractivity contribution is 7.99. The smallest absolute Gasteiger partial charge is 0.416 e. The first-order valence-corrected chi connectivity index (χ1v) is 9.89. The number of hydrogen-bond acceptors (Lipinski definition) is 8. The minimum Gasteiger partial charge on any atom is -0.452 e. The zero-order valence-corrected chi connectivity index (χ0v) is 17.5. The van der Waals surface area contributed by atoms with Gasteiger partial charge in [0.05, 0.1) is 20.9 Å². The molecule has 3 aromatic rings. The number of nitrogens with one attached hydrogen (secondary N) is 1. The third-order valence-corrected chi connectivity index (χ3v) is 5.18. The third-order valence-electron chi connectivity index (χ3n) is 4.04. The fraction of sp³-hybridized carbons (Fsp3) is 0.150. The number of carbonyl (C=O) groups excluding carboxylic acids is 2. The number of amides is 1. The summed E-state index contributed by atoms with van der Waals surface area (Å²) in [6.45, 7) is 0.975. The van der Waals surface area contributed by atoms with Crippen LogP contribution in [0.25, 0.3) is 0 Å². The lowest BCUT2D eigenvalue weighted by Gasteiger charge is -2.11. The summed E-state index contributed by atoms with van der Waals surface area (Å²) in [6, 6.07) is 9.41. The summed E-state index contributed by atoms with van der Waals surface area (Å²) in [7, 11) is 0. The molecule has 0 radical (unpaired) electrons. The molecule has 0 atom stereocenters. The van der Waals surface area contributed by atoms with Gasteiger partial charge < -0.3 is 14.6 Å². The molecule has 1 N–H and O–H groups in total. The number of alkyl halides is 3. The van der Waals surface area contributed by atoms with Gasteiger partial charge in [0.25, 0.3) is 11.6 Å². The minimum absolute atomic E-state index is 0.0261. The minimum atomic E-state index is -4.75. The van der Waals surface area contributed by atoms with Crippen molar-refractivity contribution in [3.05, 3.63) is 75.5 Å². The highest BCUT2D eigenvalue weighted by Gasteiger charge is 2.33. The number of rotatable bonds is 7. The number of halogens is 3. The molecule has 3 rings (SSSR count). The van der Waals surface area contributed by atoms with Gasteiger partial charge in [-0.25, -0.2) is 4.79 Å². The van der Waals surface area contributed by atoms with Crippen molar-refractivity contribution in [2.24, 2.45) is 0 Å². The van der Waals surface area contributed by atoms with E-state index in [1.54, 1.807) is 6.92 Å². The maximum absolute atomic E-state index is 12.9. The lowest BCUT2D eigenvalue weighted by molar-refractivity contribution is -0.388. The van der Waals surface area contributed by atoms with Crippen molar-refractivity contribution < 1.29 is 36.9 Å². The second-order valence-corrected chi connectivity index (χ2v) is 7.57. The Bertz CT molecular complexity index is 1210. The first-order valence-electron chi connectivity index (χ1n) is 9.07. The lowest BCUT2D eigenvalue weighted by atomic mass is 10.2. The van der Waals surface area contributed by atoms with Crippen LogP contribution in [0.5, 0.6) is 0 Å². The highest BCUT2D eigenvalue weighted by Crippen LogP contribution is 2.40. The van der Waals surface area contributed by atoms with Gasteiger partial charge in [-0.15, -0.1) is 0 Å². The zero-order chi connectivity index (χ0) is 24.2. The van der Waals surface area contributed by atoms with E-state index in [0.717, 1.165) is 17.8 Å². The van der Waals surface area contributed by atoms with E-state index in [2.05, 4.69) is 10.5 Å². The summed E-state index contributed by atoms with van der Waals surface area (Å²) in [5.74, 6) is -0.982. The van der Waals surface area contributed by atoms with Crippen LogP contribution >= 0.6 is 11.8 Å². The normalized spacial score (nSPS) is 11.2. The monoisotopic (exact) mass is 481 g/mol. The first-order chi connectivity index (χ1) is 15.5. The van der Waals surface area contributed by atoms with Crippen LogP contribution in [0.1, 0.15) is 21.7 Å². The topological polar surface area (TPSA) is 125 Å². The van der Waals surface area contributed by atoms with Crippen molar-refractivity contribution in [2.45, 2.75) is 22.9 Å². The molecule has 0 fully saturated rings. The largest absolute Gasteiger partial charge is 0.452 e. The molecule has 2 aromatic carbocycles. The summed E-state index contributed by atoms with van der Waals surface area (Å²) in [5, 5.41) is 17.3. The van der Waals surface area contributed by atoms with Crippen molar-refractivity contribution in [1.82, 2.24) is 5.16 Å². The Morgan fingerprint density at radius 3 is 2.55 bits per heavy atom. The van der Waals surface area contributed by atoms with Crippen LogP contribution in [-0.4, -0.2) is 28.6 Å². The van der Waals surface area contributed by atoms with Gasteiger partial charge in [0, 0.05) is 17.0 Å². The van der Waals surface area contributed by atoms with Gasteiger partial charge in [-0.2, -0.15) is 13.2 Å². The summed E-state index contributed by atoms with van der Waals surface area (Å²) < 4.78 is 48.5. The molecule has 0 aliphatic carbocycles. The van der Waals surface area contributed by atoms with E-state index in [1.165, 1.54) is 30.3 Å². The van der Waals surface area contributed by atoms with Gasteiger partial charge in [-0.1, -0.05) is 29.1 Å². The molecule has 9 nitrogen and oxygen atoms in total. The SMILES string of the molecule is Cc1cc(NC(=O)COC(=O)c2ccccc2Sc2ccc(C(F)(F)F)cc2[N+](=O)[O-])no1. The third kappa shape index (κ3) is 6.10. The van der Waals surface area contributed by atoms with Crippen LogP contribution in [-0.2, 0) is 15.7 Å². The van der Waals surface area contributed by atoms with Crippen LogP contribution < -0.4 is 5.32 Å². The summed E-state index contributed by atoms with van der Waals surface area (Å²) in [5.41, 5.74) is -1.96. The summed E-state index contributed by atoms with van der Waals surface area (Å²) in [4.78, 5) is 34.9. The number of nitro groups is 1. The van der Waals surface area contributed by atoms with E-state index in [9.17, 15) is 32.9 Å². The van der Waals surface area contributed by atoms with E-state index in [1.807, 2.05) is 0 Å². The predicted octanol–water partition coefficient (Wildman–Crippen LogP) is 4.86. The van der Waals surface area contributed by atoms with Gasteiger partial charge in [-0.3, -0.25) is 14.9 Å². The van der Waals surface area contributed by atoms with Crippen LogP contribution in [0.2, 0.25) is 0 Å². The highest BCUT2D eigenvalue weighted by atomic mass is 32.2. The average Bonchev–Trinajstić information content (AvgIpc) is 3.16. The second-order valence-electron chi connectivity index (χ2n) is 6.48. The molecule has 0 aliphatic heterocycles. The molecular formula is C20H14F3N3O6S. The molecule has 0 unspecified atom stereocenters. The Morgan fingerprint density at radius 1 is 1.18 bits per heavy atom. The van der Waals surface area contributed by atoms with Crippen molar-refractivity contribution in [1.29, 1.82) is 0 Å². The average molecular weight is 481 g/mol. The quantitative estimate of drug-likeness (QED) is 0.288. The van der Waals surface area contributed by atoms with Crippen LogP contribution in [0.15, 0.2) is 62.8 Å². The molecule has 172 valence electrons. The fourth-order valence-electron chi connectivity index (χ4n) is 2.58. The number of benzene rings is 2. The number of nitro benzene ring substituents is 1. The predicted molar refractivity (Wildman–Crippen MR) is 109 cm³/mol. The number of anilines is 1. The molecule has 1 heterocycles. The van der Waals surface area contributed by atoms with E-state index in [-0.39, 0.29) is 21.2 Å². The Hall–Kier alpha value is -3.87. The maximum Gasteiger partial charge on any atom is 0.416 e. The summed E-state index contributed by atoms with van der Waals surface area (Å²) in [6.07, 6.45) is -4.75. The van der Waals surface area contributed by atoms with Crippen molar-refractivity contribution in [2.75, 3.05) is 11.9 Å². The van der Waals surface area contributed by atoms with E-state index < -0.39 is 40.8 Å². The standard InChI is InChI=1S/C20H14F3N3O6S/c1-11-8-17(25-32-11)24-18(27)10-31-19(28)13-4-2-3-5-15(13)33-16-7-6-12(20(21,22)23)9-14(16)26(29)30/h2-9H,10H2,1H3,(H,24,25,27). The number of nitrogens with zero attached hydrogens (tertiary/aromatic N) is 2. The van der Waals surface area contributed by atoms with Crippen molar-refractivity contribution >= 4 is 35.1 Å². The fourth-order valence-corrected chi connectivity index (χ4v) is 3.60. The Balaban J connectivity index is 1.75. The van der Waals surface area contributed by atoms with Crippen LogP contribution in [0, 0.1) is 17.0 Å². The molecule has 0 spiro atoms. The van der Waals surface area contributed by atoms with Crippen LogP contribution in [0.3, 0.4) is 0 Å². The van der Waals surface area contributed by atoms with Gasteiger partial charge in [-0.05, 0) is 31.2 Å². The maximum atomic E-state index is 12.9. The Kier molecular flexibility index (Phi) is 7.01. The van der Waals surface area contributed by atoms with Gasteiger partial charge in [0.1, 0.15) is 5.76 Å². The van der Waals surface area contributed by atoms with Crippen molar-refractivity contribution in [3.63, 3.8) is 0 Å². The number of carbonyl (C=O) groups is 2. The molecule has 0 bridgehead atoms. The number of hydrogen-bond donors (Lipinski definition) is 1. The number of aromatic nitrogens is 1.